The topological polar surface area (TPSA) is 0 Å². The zero-order valence-corrected chi connectivity index (χ0v) is 77.9. The first-order chi connectivity index (χ1) is 64.2. The van der Waals surface area contributed by atoms with Crippen LogP contribution in [0, 0.1) is 83.1 Å². The van der Waals surface area contributed by atoms with E-state index in [0.717, 1.165) is 0 Å². The van der Waals surface area contributed by atoms with E-state index in [0.29, 0.717) is 0 Å². The van der Waals surface area contributed by atoms with Crippen LogP contribution in [-0.4, -0.2) is 0 Å². The van der Waals surface area contributed by atoms with Gasteiger partial charge in [-0.1, -0.05) is 473 Å². The van der Waals surface area contributed by atoms with Gasteiger partial charge in [0.25, 0.3) is 0 Å². The predicted molar refractivity (Wildman–Crippen MR) is 570 cm³/mol. The molecule has 0 spiro atoms. The molecule has 0 aromatic heterocycles. The van der Waals surface area contributed by atoms with Crippen molar-refractivity contribution in [2.45, 2.75) is 83.1 Å². The van der Waals surface area contributed by atoms with Gasteiger partial charge in [-0.25, -0.2) is 0 Å². The average molecular weight is 1700 g/mol. The Morgan fingerprint density at radius 2 is 0.212 bits per heavy atom. The highest BCUT2D eigenvalue weighted by Gasteiger charge is 2.16. The molecule has 0 saturated carbocycles. The minimum Gasteiger partial charge on any atom is -0.0616 e. The van der Waals surface area contributed by atoms with E-state index in [-0.39, 0.29) is 0 Å². The molecule has 20 rings (SSSR count). The summed E-state index contributed by atoms with van der Waals surface area (Å²) in [5, 5.41) is 0. The van der Waals surface area contributed by atoms with E-state index in [1.807, 2.05) is 0 Å². The zero-order valence-electron chi connectivity index (χ0n) is 77.9. The molecule has 0 aliphatic heterocycles. The van der Waals surface area contributed by atoms with Crippen LogP contribution in [-0.2, 0) is 0 Å². The molecule has 0 aliphatic rings. The second-order valence-corrected chi connectivity index (χ2v) is 35.9. The van der Waals surface area contributed by atoms with Crippen molar-refractivity contribution >= 4 is 0 Å². The molecule has 0 fully saturated rings. The molecule has 0 radical (unpaired) electrons. The Kier molecular flexibility index (Phi) is 27.3. The standard InChI is InChI=1S/4C33H28/c1-23-8-4-9-26(17-23)27-10-5-11-28(20-27)29-12-6-13-30(21-29)31-14-7-15-32(22-31)33-18-24(2)16-25(3)19-33;1-23-7-4-8-28(18-23)31-11-5-9-29(21-31)26-13-15-27(16-14-26)30-10-6-12-32(22-30)33-19-24(2)17-25(3)20-33;1-23-9-6-10-26(18-23)27-11-7-13-29(21-27)32-15-4-5-16-33(32)30-14-8-12-28(22-30)31-19-24(2)17-25(3)20-31;1-23-14-16-26(17-15-23)27-8-6-10-29(21-27)32-12-4-5-13-33(32)30-11-7-9-28(22-30)31-19-24(2)18-25(3)20-31/h4*4-22H,1-3H3. The predicted octanol–water partition coefficient (Wildman–Crippen LogP) is 37.1. The third kappa shape index (κ3) is 22.0. The lowest BCUT2D eigenvalue weighted by atomic mass is 9.91. The number of benzene rings is 20. The summed E-state index contributed by atoms with van der Waals surface area (Å²) in [7, 11) is 0. The summed E-state index contributed by atoms with van der Waals surface area (Å²) in [5.74, 6) is 0. The van der Waals surface area contributed by atoms with Crippen molar-refractivity contribution in [1.29, 1.82) is 0 Å². The van der Waals surface area contributed by atoms with Gasteiger partial charge in [-0.15, -0.1) is 0 Å². The monoisotopic (exact) mass is 1700 g/mol. The molecule has 20 aromatic carbocycles. The second kappa shape index (κ2) is 40.8. The fourth-order valence-corrected chi connectivity index (χ4v) is 18.5. The first-order valence-electron chi connectivity index (χ1n) is 46.1. The Morgan fingerprint density at radius 1 is 0.0758 bits per heavy atom. The number of rotatable bonds is 16. The number of aryl methyl sites for hydroxylation is 12. The van der Waals surface area contributed by atoms with Gasteiger partial charge < -0.3 is 0 Å². The third-order valence-electron chi connectivity index (χ3n) is 24.7. The highest BCUT2D eigenvalue weighted by Crippen LogP contribution is 2.42. The first kappa shape index (κ1) is 88.4. The SMILES string of the molecule is Cc1ccc(-c2cccc(-c3ccccc3-c3cccc(-c4cc(C)cc(C)c4)c3)c2)cc1.Cc1cccc(-c2cccc(-c3ccc(-c4cccc(-c5cc(C)cc(C)c5)c4)cc3)c2)c1.Cc1cccc(-c2cccc(-c3cccc(-c4cccc(-c5cc(C)cc(C)c5)c4)c3)c2)c1.Cc1cccc(-c2cccc(-c3ccccc3-c3cccc(-c4cc(C)cc(C)c4)c3)c2)c1. The lowest BCUT2D eigenvalue weighted by molar-refractivity contribution is 1.38. The summed E-state index contributed by atoms with van der Waals surface area (Å²) < 4.78 is 0. The maximum absolute atomic E-state index is 2.32. The largest absolute Gasteiger partial charge is 0.0616 e. The van der Waals surface area contributed by atoms with Crippen LogP contribution in [0.15, 0.2) is 461 Å². The maximum Gasteiger partial charge on any atom is -0.0105 e. The van der Waals surface area contributed by atoms with Gasteiger partial charge in [0.1, 0.15) is 0 Å². The molecule has 0 amide bonds. The van der Waals surface area contributed by atoms with Crippen LogP contribution >= 0.6 is 0 Å². The minimum absolute atomic E-state index is 1.23. The molecule has 0 heteroatoms. The maximum atomic E-state index is 2.32. The Morgan fingerprint density at radius 3 is 0.402 bits per heavy atom. The van der Waals surface area contributed by atoms with Crippen molar-refractivity contribution in [2.24, 2.45) is 0 Å². The van der Waals surface area contributed by atoms with Crippen molar-refractivity contribution in [1.82, 2.24) is 0 Å². The van der Waals surface area contributed by atoms with Gasteiger partial charge in [0, 0.05) is 0 Å². The van der Waals surface area contributed by atoms with Crippen molar-refractivity contribution in [3.63, 3.8) is 0 Å². The lowest BCUT2D eigenvalue weighted by Crippen LogP contribution is -1.88. The third-order valence-corrected chi connectivity index (χ3v) is 24.7. The molecule has 640 valence electrons. The highest BCUT2D eigenvalue weighted by atomic mass is 14.2. The molecule has 0 nitrogen and oxygen atoms in total. The van der Waals surface area contributed by atoms with Gasteiger partial charge >= 0.3 is 0 Å². The Balaban J connectivity index is 0.000000123. The van der Waals surface area contributed by atoms with E-state index in [2.05, 4.69) is 544 Å². The Labute approximate surface area is 783 Å². The summed E-state index contributed by atoms with van der Waals surface area (Å²) >= 11 is 0. The summed E-state index contributed by atoms with van der Waals surface area (Å²) in [5.41, 5.74) is 55.5. The fourth-order valence-electron chi connectivity index (χ4n) is 18.5. The second-order valence-electron chi connectivity index (χ2n) is 35.9. The summed E-state index contributed by atoms with van der Waals surface area (Å²) in [6, 6.07) is 168. The van der Waals surface area contributed by atoms with E-state index in [1.54, 1.807) is 0 Å². The average Bonchev–Trinajstić information content (AvgIpc) is 0.815. The summed E-state index contributed by atoms with van der Waals surface area (Å²) in [4.78, 5) is 0. The van der Waals surface area contributed by atoms with Gasteiger partial charge in [-0.3, -0.25) is 0 Å². The van der Waals surface area contributed by atoms with Gasteiger partial charge in [0.2, 0.25) is 0 Å². The van der Waals surface area contributed by atoms with Crippen LogP contribution in [0.5, 0.6) is 0 Å². The van der Waals surface area contributed by atoms with Gasteiger partial charge in [-0.2, -0.15) is 0 Å². The molecule has 0 atom stereocenters. The van der Waals surface area contributed by atoms with E-state index in [4.69, 9.17) is 0 Å². The van der Waals surface area contributed by atoms with Crippen molar-refractivity contribution < 1.29 is 0 Å². The fraction of sp³-hybridized carbons (Fsp3) is 0.0909. The molecule has 0 saturated heterocycles. The van der Waals surface area contributed by atoms with Crippen molar-refractivity contribution in [3.05, 3.63) is 528 Å². The van der Waals surface area contributed by atoms with Gasteiger partial charge in [0.05, 0.1) is 0 Å². The van der Waals surface area contributed by atoms with Crippen LogP contribution in [0.3, 0.4) is 0 Å². The lowest BCUT2D eigenvalue weighted by Gasteiger charge is -2.13. The molecule has 20 aromatic rings. The Bertz CT molecular complexity index is 7430. The Hall–Kier alpha value is -15.6. The molecule has 0 bridgehead atoms. The van der Waals surface area contributed by atoms with E-state index < -0.39 is 0 Å². The van der Waals surface area contributed by atoms with Gasteiger partial charge in [-0.05, 0) is 316 Å². The van der Waals surface area contributed by atoms with Gasteiger partial charge in [0.15, 0.2) is 0 Å². The summed E-state index contributed by atoms with van der Waals surface area (Å²) in [6.45, 7) is 25.8. The van der Waals surface area contributed by atoms with Crippen molar-refractivity contribution in [2.75, 3.05) is 0 Å². The normalized spacial score (nSPS) is 10.9. The van der Waals surface area contributed by atoms with Crippen LogP contribution < -0.4 is 0 Å². The molecule has 0 heterocycles. The van der Waals surface area contributed by atoms with Crippen LogP contribution in [0.2, 0.25) is 0 Å². The first-order valence-corrected chi connectivity index (χ1v) is 46.1. The molecular weight excluding hydrogens is 1590 g/mol. The summed E-state index contributed by atoms with van der Waals surface area (Å²) in [6.07, 6.45) is 0. The highest BCUT2D eigenvalue weighted by molar-refractivity contribution is 5.90. The quantitative estimate of drug-likeness (QED) is 0.0904. The molecule has 0 aliphatic carbocycles. The van der Waals surface area contributed by atoms with Crippen LogP contribution in [0.4, 0.5) is 0 Å². The molecule has 0 unspecified atom stereocenters. The van der Waals surface area contributed by atoms with Crippen molar-refractivity contribution in [3.8, 4) is 178 Å². The molecular formula is C132H112. The smallest absolute Gasteiger partial charge is 0.0105 e. The minimum atomic E-state index is 1.23. The van der Waals surface area contributed by atoms with Crippen LogP contribution in [0.25, 0.3) is 178 Å². The van der Waals surface area contributed by atoms with E-state index in [1.165, 1.54) is 245 Å². The number of hydrogen-bond acceptors (Lipinski definition) is 0. The van der Waals surface area contributed by atoms with Crippen LogP contribution in [0.1, 0.15) is 66.8 Å². The molecule has 132 heavy (non-hydrogen) atoms. The molecule has 0 N–H and O–H groups in total. The number of hydrogen-bond donors (Lipinski definition) is 0. The van der Waals surface area contributed by atoms with E-state index >= 15 is 0 Å². The zero-order chi connectivity index (χ0) is 91.1. The van der Waals surface area contributed by atoms with E-state index in [9.17, 15) is 0 Å².